The molecule has 0 aliphatic carbocycles. The van der Waals surface area contributed by atoms with E-state index < -0.39 is 35.8 Å². The Hall–Kier alpha value is -2.87. The highest BCUT2D eigenvalue weighted by Gasteiger charge is 2.18. The maximum Gasteiger partial charge on any atom is 0.338 e. The number of halogens is 3. The van der Waals surface area contributed by atoms with Gasteiger partial charge < -0.3 is 19.5 Å². The monoisotopic (exact) mass is 399 g/mol. The first-order valence-electron chi connectivity index (χ1n) is 7.78. The standard InChI is InChI=1S/C18H16ClF2NO5/c1-3-26-17-11(19)7-10(8-14(17)25-2)18(24)27-9-15(23)22-16-12(20)5-4-6-13(16)21/h4-8H,3,9H2,1-2H3,(H,22,23). The number of rotatable bonds is 7. The van der Waals surface area contributed by atoms with Gasteiger partial charge in [-0.1, -0.05) is 17.7 Å². The fourth-order valence-corrected chi connectivity index (χ4v) is 2.39. The van der Waals surface area contributed by atoms with Crippen LogP contribution >= 0.6 is 11.6 Å². The molecule has 0 saturated carbocycles. The molecule has 0 aliphatic heterocycles. The van der Waals surface area contributed by atoms with Crippen molar-refractivity contribution in [1.29, 1.82) is 0 Å². The van der Waals surface area contributed by atoms with Crippen LogP contribution < -0.4 is 14.8 Å². The largest absolute Gasteiger partial charge is 0.493 e. The van der Waals surface area contributed by atoms with E-state index in [1.165, 1.54) is 19.2 Å². The van der Waals surface area contributed by atoms with Crippen molar-refractivity contribution >= 4 is 29.2 Å². The molecule has 0 aliphatic rings. The van der Waals surface area contributed by atoms with E-state index in [-0.39, 0.29) is 22.1 Å². The number of hydrogen-bond donors (Lipinski definition) is 1. The predicted molar refractivity (Wildman–Crippen MR) is 94.4 cm³/mol. The summed E-state index contributed by atoms with van der Waals surface area (Å²) in [4.78, 5) is 23.9. The minimum absolute atomic E-state index is 0.0187. The van der Waals surface area contributed by atoms with Gasteiger partial charge in [0.2, 0.25) is 0 Å². The second kappa shape index (κ2) is 9.18. The van der Waals surface area contributed by atoms with Crippen LogP contribution in [-0.2, 0) is 9.53 Å². The molecular formula is C18H16ClF2NO5. The van der Waals surface area contributed by atoms with Crippen LogP contribution in [0.3, 0.4) is 0 Å². The fourth-order valence-electron chi connectivity index (χ4n) is 2.13. The highest BCUT2D eigenvalue weighted by Crippen LogP contribution is 2.36. The quantitative estimate of drug-likeness (QED) is 0.716. The molecule has 0 bridgehead atoms. The van der Waals surface area contributed by atoms with E-state index >= 15 is 0 Å². The average Bonchev–Trinajstić information content (AvgIpc) is 2.64. The summed E-state index contributed by atoms with van der Waals surface area (Å²) in [6, 6.07) is 5.76. The Balaban J connectivity index is 2.05. The first-order chi connectivity index (χ1) is 12.9. The summed E-state index contributed by atoms with van der Waals surface area (Å²) >= 11 is 6.07. The zero-order valence-electron chi connectivity index (χ0n) is 14.5. The number of methoxy groups -OCH3 is 1. The number of ether oxygens (including phenoxy) is 3. The third-order valence-corrected chi connectivity index (χ3v) is 3.60. The topological polar surface area (TPSA) is 73.9 Å². The Labute approximate surface area is 159 Å². The molecule has 0 atom stereocenters. The summed E-state index contributed by atoms with van der Waals surface area (Å²) in [7, 11) is 1.37. The van der Waals surface area contributed by atoms with Gasteiger partial charge in [-0.05, 0) is 31.2 Å². The number of nitrogens with one attached hydrogen (secondary N) is 1. The lowest BCUT2D eigenvalue weighted by atomic mass is 10.2. The molecular weight excluding hydrogens is 384 g/mol. The van der Waals surface area contributed by atoms with Crippen molar-refractivity contribution in [3.05, 3.63) is 52.6 Å². The molecule has 2 aromatic carbocycles. The van der Waals surface area contributed by atoms with Gasteiger partial charge in [-0.3, -0.25) is 4.79 Å². The Morgan fingerprint density at radius 2 is 1.85 bits per heavy atom. The molecule has 0 heterocycles. The zero-order chi connectivity index (χ0) is 20.0. The molecule has 9 heteroatoms. The fraction of sp³-hybridized carbons (Fsp3) is 0.222. The van der Waals surface area contributed by atoms with Gasteiger partial charge in [-0.15, -0.1) is 0 Å². The molecule has 0 radical (unpaired) electrons. The molecule has 1 amide bonds. The molecule has 6 nitrogen and oxygen atoms in total. The minimum atomic E-state index is -0.947. The molecule has 0 spiro atoms. The highest BCUT2D eigenvalue weighted by atomic mass is 35.5. The molecule has 2 aromatic rings. The molecule has 0 unspecified atom stereocenters. The van der Waals surface area contributed by atoms with Gasteiger partial charge in [0.15, 0.2) is 18.1 Å². The van der Waals surface area contributed by atoms with Crippen LogP contribution in [0.1, 0.15) is 17.3 Å². The van der Waals surface area contributed by atoms with Gasteiger partial charge in [0.05, 0.1) is 24.3 Å². The van der Waals surface area contributed by atoms with Crippen molar-refractivity contribution in [2.75, 3.05) is 25.6 Å². The van der Waals surface area contributed by atoms with Crippen LogP contribution in [-0.4, -0.2) is 32.2 Å². The van der Waals surface area contributed by atoms with Crippen molar-refractivity contribution in [2.45, 2.75) is 6.92 Å². The number of anilines is 1. The van der Waals surface area contributed by atoms with Crippen LogP contribution in [0.4, 0.5) is 14.5 Å². The van der Waals surface area contributed by atoms with E-state index in [1.807, 2.05) is 5.32 Å². The summed E-state index contributed by atoms with van der Waals surface area (Å²) in [5.41, 5.74) is -0.602. The lowest BCUT2D eigenvalue weighted by Crippen LogP contribution is -2.22. The maximum atomic E-state index is 13.5. The molecule has 0 saturated heterocycles. The number of hydrogen-bond acceptors (Lipinski definition) is 5. The molecule has 0 aromatic heterocycles. The van der Waals surface area contributed by atoms with Gasteiger partial charge in [0.25, 0.3) is 5.91 Å². The third kappa shape index (κ3) is 5.07. The number of amides is 1. The Bertz CT molecular complexity index is 840. The number of para-hydroxylation sites is 1. The first-order valence-corrected chi connectivity index (χ1v) is 8.16. The summed E-state index contributed by atoms with van der Waals surface area (Å²) in [6.07, 6.45) is 0. The van der Waals surface area contributed by atoms with E-state index in [4.69, 9.17) is 25.8 Å². The van der Waals surface area contributed by atoms with Gasteiger partial charge in [0.1, 0.15) is 17.3 Å². The SMILES string of the molecule is CCOc1c(Cl)cc(C(=O)OCC(=O)Nc2c(F)cccc2F)cc1OC. The number of esters is 1. The van der Waals surface area contributed by atoms with Gasteiger partial charge in [-0.2, -0.15) is 0 Å². The number of carbonyl (C=O) groups excluding carboxylic acids is 2. The summed E-state index contributed by atoms with van der Waals surface area (Å²) < 4.78 is 42.3. The highest BCUT2D eigenvalue weighted by molar-refractivity contribution is 6.32. The van der Waals surface area contributed by atoms with Crippen LogP contribution in [0, 0.1) is 11.6 Å². The zero-order valence-corrected chi connectivity index (χ0v) is 15.2. The van der Waals surface area contributed by atoms with Gasteiger partial charge in [0, 0.05) is 0 Å². The summed E-state index contributed by atoms with van der Waals surface area (Å²) in [5, 5.41) is 2.13. The third-order valence-electron chi connectivity index (χ3n) is 3.32. The van der Waals surface area contributed by atoms with E-state index in [1.54, 1.807) is 6.92 Å². The van der Waals surface area contributed by atoms with E-state index in [0.29, 0.717) is 6.61 Å². The molecule has 1 N–H and O–H groups in total. The van der Waals surface area contributed by atoms with Crippen molar-refractivity contribution in [3.8, 4) is 11.5 Å². The second-order valence-corrected chi connectivity index (χ2v) is 5.55. The van der Waals surface area contributed by atoms with Crippen LogP contribution in [0.5, 0.6) is 11.5 Å². The van der Waals surface area contributed by atoms with Crippen molar-refractivity contribution in [3.63, 3.8) is 0 Å². The second-order valence-electron chi connectivity index (χ2n) is 5.14. The van der Waals surface area contributed by atoms with Crippen molar-refractivity contribution in [2.24, 2.45) is 0 Å². The van der Waals surface area contributed by atoms with Crippen LogP contribution in [0.2, 0.25) is 5.02 Å². The predicted octanol–water partition coefficient (Wildman–Crippen LogP) is 3.82. The normalized spacial score (nSPS) is 10.3. The minimum Gasteiger partial charge on any atom is -0.493 e. The number of benzene rings is 2. The average molecular weight is 400 g/mol. The molecule has 2 rings (SSSR count). The van der Waals surface area contributed by atoms with E-state index in [2.05, 4.69) is 0 Å². The van der Waals surface area contributed by atoms with Gasteiger partial charge >= 0.3 is 5.97 Å². The Kier molecular flexibility index (Phi) is 6.95. The Morgan fingerprint density at radius 3 is 2.44 bits per heavy atom. The van der Waals surface area contributed by atoms with Crippen molar-refractivity contribution in [1.82, 2.24) is 0 Å². The molecule has 0 fully saturated rings. The lowest BCUT2D eigenvalue weighted by Gasteiger charge is -2.13. The van der Waals surface area contributed by atoms with E-state index in [9.17, 15) is 18.4 Å². The lowest BCUT2D eigenvalue weighted by molar-refractivity contribution is -0.119. The summed E-state index contributed by atoms with van der Waals surface area (Å²) in [5.74, 6) is -3.19. The van der Waals surface area contributed by atoms with Crippen LogP contribution in [0.15, 0.2) is 30.3 Å². The maximum absolute atomic E-state index is 13.5. The molecule has 144 valence electrons. The van der Waals surface area contributed by atoms with E-state index in [0.717, 1.165) is 18.2 Å². The number of carbonyl (C=O) groups is 2. The first kappa shape index (κ1) is 20.4. The van der Waals surface area contributed by atoms with Gasteiger partial charge in [-0.25, -0.2) is 13.6 Å². The van der Waals surface area contributed by atoms with Crippen LogP contribution in [0.25, 0.3) is 0 Å². The summed E-state index contributed by atoms with van der Waals surface area (Å²) in [6.45, 7) is 1.35. The molecule has 27 heavy (non-hydrogen) atoms. The smallest absolute Gasteiger partial charge is 0.338 e. The Morgan fingerprint density at radius 1 is 1.19 bits per heavy atom. The van der Waals surface area contributed by atoms with Crippen molar-refractivity contribution < 1.29 is 32.6 Å².